The second-order valence-electron chi connectivity index (χ2n) is 5.62. The Hall–Kier alpha value is -2.21. The highest BCUT2D eigenvalue weighted by molar-refractivity contribution is 9.10. The number of aromatic nitrogens is 1. The van der Waals surface area contributed by atoms with E-state index in [0.29, 0.717) is 12.8 Å². The minimum Gasteiger partial charge on any atom is -0.336 e. The molecule has 1 aromatic carbocycles. The van der Waals surface area contributed by atoms with Crippen LogP contribution in [0.5, 0.6) is 0 Å². The van der Waals surface area contributed by atoms with Crippen LogP contribution in [0.1, 0.15) is 17.5 Å². The average Bonchev–Trinajstić information content (AvgIpc) is 2.56. The predicted octanol–water partition coefficient (Wildman–Crippen LogP) is 3.18. The Labute approximate surface area is 150 Å². The van der Waals surface area contributed by atoms with Crippen molar-refractivity contribution in [2.45, 2.75) is 19.8 Å². The van der Waals surface area contributed by atoms with Crippen LogP contribution in [0.15, 0.2) is 47.2 Å². The molecule has 126 valence electrons. The molecule has 0 spiro atoms. The molecular weight excluding hydrogens is 370 g/mol. The summed E-state index contributed by atoms with van der Waals surface area (Å²) in [6.07, 6.45) is 4.42. The highest BCUT2D eigenvalue weighted by Crippen LogP contribution is 2.19. The number of likely N-dealkylation sites (N-methyl/N-ethyl adjacent to an activating group) is 1. The third-order valence-corrected chi connectivity index (χ3v) is 4.11. The summed E-state index contributed by atoms with van der Waals surface area (Å²) in [7, 11) is 1.64. The molecule has 2 amide bonds. The van der Waals surface area contributed by atoms with Crippen LogP contribution in [-0.4, -0.2) is 35.3 Å². The fourth-order valence-corrected chi connectivity index (χ4v) is 2.72. The first kappa shape index (κ1) is 18.1. The number of pyridine rings is 1. The number of nitrogens with one attached hydrogen (secondary N) is 1. The summed E-state index contributed by atoms with van der Waals surface area (Å²) >= 11 is 3.39. The van der Waals surface area contributed by atoms with Gasteiger partial charge in [0.25, 0.3) is 0 Å². The second kappa shape index (κ2) is 8.59. The molecule has 6 heteroatoms. The Morgan fingerprint density at radius 3 is 2.75 bits per heavy atom. The van der Waals surface area contributed by atoms with Crippen LogP contribution in [0.2, 0.25) is 0 Å². The van der Waals surface area contributed by atoms with Gasteiger partial charge >= 0.3 is 0 Å². The fourth-order valence-electron chi connectivity index (χ4n) is 2.25. The maximum Gasteiger partial charge on any atom is 0.243 e. The van der Waals surface area contributed by atoms with E-state index in [1.54, 1.807) is 19.4 Å². The molecule has 0 saturated carbocycles. The number of amides is 2. The molecule has 2 rings (SSSR count). The second-order valence-corrected chi connectivity index (χ2v) is 6.53. The maximum atomic E-state index is 12.1. The molecule has 0 atom stereocenters. The van der Waals surface area contributed by atoms with Gasteiger partial charge in [-0.25, -0.2) is 0 Å². The van der Waals surface area contributed by atoms with Crippen LogP contribution in [0.25, 0.3) is 0 Å². The van der Waals surface area contributed by atoms with Gasteiger partial charge in [0.2, 0.25) is 11.8 Å². The lowest BCUT2D eigenvalue weighted by molar-refractivity contribution is -0.133. The van der Waals surface area contributed by atoms with Gasteiger partial charge in [0.05, 0.1) is 6.54 Å². The number of halogens is 1. The van der Waals surface area contributed by atoms with Gasteiger partial charge in [-0.1, -0.05) is 22.0 Å². The van der Waals surface area contributed by atoms with Crippen LogP contribution in [0.4, 0.5) is 5.69 Å². The van der Waals surface area contributed by atoms with Crippen molar-refractivity contribution in [2.75, 3.05) is 18.9 Å². The number of nitrogens with zero attached hydrogens (tertiary/aromatic N) is 2. The monoisotopic (exact) mass is 389 g/mol. The van der Waals surface area contributed by atoms with Crippen LogP contribution in [-0.2, 0) is 16.0 Å². The van der Waals surface area contributed by atoms with Crippen LogP contribution < -0.4 is 5.32 Å². The lowest BCUT2D eigenvalue weighted by atomic mass is 10.1. The Bertz CT molecular complexity index is 719. The van der Waals surface area contributed by atoms with Crippen LogP contribution >= 0.6 is 15.9 Å². The Kier molecular flexibility index (Phi) is 6.49. The topological polar surface area (TPSA) is 62.3 Å². The molecule has 0 radical (unpaired) electrons. The molecule has 1 heterocycles. The average molecular weight is 390 g/mol. The number of carbonyl (C=O) groups is 2. The number of aryl methyl sites for hydroxylation is 2. The third kappa shape index (κ3) is 5.45. The predicted molar refractivity (Wildman–Crippen MR) is 97.7 cm³/mol. The standard InChI is InChI=1S/C18H20BrN3O2/c1-13-10-15(19)6-7-16(13)21-17(23)12-22(2)18(24)8-5-14-4-3-9-20-11-14/h3-4,6-7,9-11H,5,8,12H2,1-2H3,(H,21,23). The van der Waals surface area contributed by atoms with Crippen LogP contribution in [0, 0.1) is 6.92 Å². The zero-order valence-corrected chi connectivity index (χ0v) is 15.3. The van der Waals surface area contributed by atoms with Crippen molar-refractivity contribution in [3.8, 4) is 0 Å². The van der Waals surface area contributed by atoms with E-state index in [-0.39, 0.29) is 18.4 Å². The molecule has 1 N–H and O–H groups in total. The molecule has 2 aromatic rings. The maximum absolute atomic E-state index is 12.1. The summed E-state index contributed by atoms with van der Waals surface area (Å²) in [5.41, 5.74) is 2.72. The van der Waals surface area contributed by atoms with E-state index in [1.165, 1.54) is 4.90 Å². The van der Waals surface area contributed by atoms with Crippen molar-refractivity contribution in [3.05, 3.63) is 58.3 Å². The molecule has 0 saturated heterocycles. The van der Waals surface area contributed by atoms with Gasteiger partial charge in [0, 0.05) is 36.0 Å². The number of benzene rings is 1. The van der Waals surface area contributed by atoms with Crippen molar-refractivity contribution in [1.82, 2.24) is 9.88 Å². The van der Waals surface area contributed by atoms with E-state index in [0.717, 1.165) is 21.3 Å². The van der Waals surface area contributed by atoms with Crippen molar-refractivity contribution in [1.29, 1.82) is 0 Å². The zero-order chi connectivity index (χ0) is 17.5. The third-order valence-electron chi connectivity index (χ3n) is 3.62. The smallest absolute Gasteiger partial charge is 0.243 e. The summed E-state index contributed by atoms with van der Waals surface area (Å²) in [6.45, 7) is 1.95. The molecule has 24 heavy (non-hydrogen) atoms. The summed E-state index contributed by atoms with van der Waals surface area (Å²) in [6, 6.07) is 9.41. The van der Waals surface area contributed by atoms with E-state index in [2.05, 4.69) is 26.2 Å². The summed E-state index contributed by atoms with van der Waals surface area (Å²) < 4.78 is 0.959. The molecular formula is C18H20BrN3O2. The SMILES string of the molecule is Cc1cc(Br)ccc1NC(=O)CN(C)C(=O)CCc1cccnc1. The molecule has 0 aliphatic carbocycles. The van der Waals surface area contributed by atoms with Gasteiger partial charge in [0.1, 0.15) is 0 Å². The molecule has 1 aromatic heterocycles. The van der Waals surface area contributed by atoms with E-state index in [1.807, 2.05) is 37.3 Å². The Morgan fingerprint density at radius 1 is 1.29 bits per heavy atom. The van der Waals surface area contributed by atoms with E-state index in [9.17, 15) is 9.59 Å². The zero-order valence-electron chi connectivity index (χ0n) is 13.8. The normalized spacial score (nSPS) is 10.3. The summed E-state index contributed by atoms with van der Waals surface area (Å²) in [4.78, 5) is 29.7. The lowest BCUT2D eigenvalue weighted by Gasteiger charge is -2.17. The van der Waals surface area contributed by atoms with Gasteiger partial charge < -0.3 is 10.2 Å². The first-order valence-corrected chi connectivity index (χ1v) is 8.44. The van der Waals surface area contributed by atoms with Gasteiger partial charge in [-0.3, -0.25) is 14.6 Å². The van der Waals surface area contributed by atoms with Gasteiger partial charge in [0.15, 0.2) is 0 Å². The van der Waals surface area contributed by atoms with E-state index < -0.39 is 0 Å². The molecule has 0 aliphatic rings. The first-order chi connectivity index (χ1) is 11.5. The summed E-state index contributed by atoms with van der Waals surface area (Å²) in [5, 5.41) is 2.83. The minimum absolute atomic E-state index is 0.0291. The lowest BCUT2D eigenvalue weighted by Crippen LogP contribution is -2.35. The largest absolute Gasteiger partial charge is 0.336 e. The Balaban J connectivity index is 1.83. The van der Waals surface area contributed by atoms with Crippen molar-refractivity contribution < 1.29 is 9.59 Å². The number of anilines is 1. The molecule has 0 bridgehead atoms. The number of rotatable bonds is 6. The quantitative estimate of drug-likeness (QED) is 0.824. The van der Waals surface area contributed by atoms with Gasteiger partial charge in [-0.2, -0.15) is 0 Å². The first-order valence-electron chi connectivity index (χ1n) is 7.64. The van der Waals surface area contributed by atoms with Crippen LogP contribution in [0.3, 0.4) is 0 Å². The fraction of sp³-hybridized carbons (Fsp3) is 0.278. The summed E-state index contributed by atoms with van der Waals surface area (Å²) in [5.74, 6) is -0.279. The van der Waals surface area contributed by atoms with E-state index in [4.69, 9.17) is 0 Å². The Morgan fingerprint density at radius 2 is 2.08 bits per heavy atom. The molecule has 0 unspecified atom stereocenters. The molecule has 0 aliphatic heterocycles. The number of hydrogen-bond acceptors (Lipinski definition) is 3. The van der Waals surface area contributed by atoms with Gasteiger partial charge in [-0.15, -0.1) is 0 Å². The number of hydrogen-bond donors (Lipinski definition) is 1. The van der Waals surface area contributed by atoms with E-state index >= 15 is 0 Å². The van der Waals surface area contributed by atoms with Crippen molar-refractivity contribution in [2.24, 2.45) is 0 Å². The minimum atomic E-state index is -0.211. The van der Waals surface area contributed by atoms with Crippen molar-refractivity contribution in [3.63, 3.8) is 0 Å². The number of carbonyl (C=O) groups excluding carboxylic acids is 2. The highest BCUT2D eigenvalue weighted by Gasteiger charge is 2.13. The van der Waals surface area contributed by atoms with Crippen molar-refractivity contribution >= 4 is 33.4 Å². The molecule has 5 nitrogen and oxygen atoms in total. The highest BCUT2D eigenvalue weighted by atomic mass is 79.9. The van der Waals surface area contributed by atoms with Gasteiger partial charge in [-0.05, 0) is 48.7 Å². The molecule has 0 fully saturated rings.